The van der Waals surface area contributed by atoms with Crippen molar-refractivity contribution in [3.05, 3.63) is 28.2 Å². The lowest BCUT2D eigenvalue weighted by atomic mass is 10.1. The predicted molar refractivity (Wildman–Crippen MR) is 79.4 cm³/mol. The summed E-state index contributed by atoms with van der Waals surface area (Å²) in [5, 5.41) is 8.90. The van der Waals surface area contributed by atoms with Crippen LogP contribution >= 0.6 is 15.9 Å². The molecule has 0 amide bonds. The van der Waals surface area contributed by atoms with Crippen molar-refractivity contribution in [1.82, 2.24) is 0 Å². The van der Waals surface area contributed by atoms with Crippen molar-refractivity contribution in [2.75, 3.05) is 18.0 Å². The van der Waals surface area contributed by atoms with E-state index in [9.17, 15) is 0 Å². The van der Waals surface area contributed by atoms with Crippen LogP contribution in [0.25, 0.3) is 0 Å². The summed E-state index contributed by atoms with van der Waals surface area (Å²) in [5.41, 5.74) is 8.11. The monoisotopic (exact) mass is 309 g/mol. The first kappa shape index (κ1) is 15.0. The number of halogens is 1. The Labute approximate surface area is 118 Å². The van der Waals surface area contributed by atoms with Crippen molar-refractivity contribution in [1.29, 1.82) is 5.26 Å². The number of nitrogens with zero attached hydrogens (tertiary/aromatic N) is 2. The number of benzene rings is 1. The van der Waals surface area contributed by atoms with E-state index in [1.807, 2.05) is 19.9 Å². The second-order valence-electron chi connectivity index (χ2n) is 4.56. The molecule has 3 nitrogen and oxygen atoms in total. The van der Waals surface area contributed by atoms with Gasteiger partial charge in [-0.15, -0.1) is 0 Å². The number of anilines is 1. The highest BCUT2D eigenvalue weighted by Gasteiger charge is 2.11. The van der Waals surface area contributed by atoms with Gasteiger partial charge in [0.1, 0.15) is 0 Å². The van der Waals surface area contributed by atoms with Crippen LogP contribution in [-0.4, -0.2) is 13.1 Å². The third-order valence-corrected chi connectivity index (χ3v) is 3.62. The molecule has 0 saturated heterocycles. The van der Waals surface area contributed by atoms with Gasteiger partial charge < -0.3 is 10.6 Å². The quantitative estimate of drug-likeness (QED) is 0.906. The lowest BCUT2D eigenvalue weighted by Gasteiger charge is -2.25. The fraction of sp³-hybridized carbons (Fsp3) is 0.500. The Balaban J connectivity index is 2.95. The Bertz CT molecular complexity index is 437. The minimum atomic E-state index is 0.0153. The molecule has 4 heteroatoms. The van der Waals surface area contributed by atoms with E-state index in [1.165, 1.54) is 0 Å². The third kappa shape index (κ3) is 3.72. The van der Waals surface area contributed by atoms with Gasteiger partial charge >= 0.3 is 0 Å². The number of rotatable bonds is 5. The molecule has 1 aromatic carbocycles. The van der Waals surface area contributed by atoms with Gasteiger partial charge in [-0.25, -0.2) is 0 Å². The van der Waals surface area contributed by atoms with Crippen molar-refractivity contribution >= 4 is 21.6 Å². The van der Waals surface area contributed by atoms with Crippen molar-refractivity contribution in [3.63, 3.8) is 0 Å². The van der Waals surface area contributed by atoms with E-state index in [2.05, 4.69) is 46.0 Å². The van der Waals surface area contributed by atoms with Crippen molar-refractivity contribution < 1.29 is 0 Å². The molecule has 0 saturated carbocycles. The van der Waals surface area contributed by atoms with Gasteiger partial charge in [-0.2, -0.15) is 5.26 Å². The summed E-state index contributed by atoms with van der Waals surface area (Å²) in [6.07, 6.45) is 0. The zero-order valence-electron chi connectivity index (χ0n) is 11.2. The average molecular weight is 310 g/mol. The van der Waals surface area contributed by atoms with Gasteiger partial charge in [0, 0.05) is 29.3 Å². The van der Waals surface area contributed by atoms with E-state index in [1.54, 1.807) is 0 Å². The first-order chi connectivity index (χ1) is 8.49. The van der Waals surface area contributed by atoms with Crippen molar-refractivity contribution in [3.8, 4) is 6.07 Å². The van der Waals surface area contributed by atoms with Gasteiger partial charge in [0.2, 0.25) is 0 Å². The molecule has 98 valence electrons. The maximum Gasteiger partial charge on any atom is 0.0671 e. The fourth-order valence-corrected chi connectivity index (χ4v) is 2.60. The SMILES string of the molecule is CCN(CC(C)C#N)c1ccc([C@@H](C)N)c(Br)c1. The van der Waals surface area contributed by atoms with Crippen molar-refractivity contribution in [2.24, 2.45) is 11.7 Å². The second-order valence-corrected chi connectivity index (χ2v) is 5.42. The Morgan fingerprint density at radius 2 is 2.11 bits per heavy atom. The number of hydrogen-bond donors (Lipinski definition) is 1. The number of hydrogen-bond acceptors (Lipinski definition) is 3. The Morgan fingerprint density at radius 1 is 1.44 bits per heavy atom. The van der Waals surface area contributed by atoms with Crippen LogP contribution in [-0.2, 0) is 0 Å². The highest BCUT2D eigenvalue weighted by molar-refractivity contribution is 9.10. The number of nitrogens with two attached hydrogens (primary N) is 1. The smallest absolute Gasteiger partial charge is 0.0671 e. The molecule has 0 aliphatic carbocycles. The lowest BCUT2D eigenvalue weighted by Crippen LogP contribution is -2.27. The van der Waals surface area contributed by atoms with Gasteiger partial charge in [0.05, 0.1) is 12.0 Å². The van der Waals surface area contributed by atoms with Gasteiger partial charge in [0.15, 0.2) is 0 Å². The summed E-state index contributed by atoms with van der Waals surface area (Å²) in [4.78, 5) is 2.20. The van der Waals surface area contributed by atoms with E-state index in [4.69, 9.17) is 11.0 Å². The number of nitriles is 1. The lowest BCUT2D eigenvalue weighted by molar-refractivity contribution is 0.685. The van der Waals surface area contributed by atoms with E-state index in [0.717, 1.165) is 28.8 Å². The minimum absolute atomic E-state index is 0.0153. The molecule has 0 fully saturated rings. The molecule has 1 unspecified atom stereocenters. The highest BCUT2D eigenvalue weighted by atomic mass is 79.9. The van der Waals surface area contributed by atoms with Crippen LogP contribution in [0, 0.1) is 17.2 Å². The van der Waals surface area contributed by atoms with Crippen molar-refractivity contribution in [2.45, 2.75) is 26.8 Å². The molecule has 0 heterocycles. The first-order valence-corrected chi connectivity index (χ1v) is 6.98. The van der Waals surface area contributed by atoms with Gasteiger partial charge in [0.25, 0.3) is 0 Å². The molecule has 2 N–H and O–H groups in total. The summed E-state index contributed by atoms with van der Waals surface area (Å²) in [7, 11) is 0. The molecule has 0 aromatic heterocycles. The Hall–Kier alpha value is -1.05. The highest BCUT2D eigenvalue weighted by Crippen LogP contribution is 2.27. The summed E-state index contributed by atoms with van der Waals surface area (Å²) < 4.78 is 1.03. The molecular weight excluding hydrogens is 290 g/mol. The van der Waals surface area contributed by atoms with E-state index >= 15 is 0 Å². The predicted octanol–water partition coefficient (Wildman–Crippen LogP) is 3.45. The summed E-state index contributed by atoms with van der Waals surface area (Å²) in [6, 6.07) is 8.47. The molecule has 1 aromatic rings. The molecule has 0 radical (unpaired) electrons. The van der Waals surface area contributed by atoms with Gasteiger partial charge in [-0.05, 0) is 38.5 Å². The molecule has 0 bridgehead atoms. The summed E-state index contributed by atoms with van der Waals surface area (Å²) in [5.74, 6) is 0.0248. The van der Waals surface area contributed by atoms with Crippen LogP contribution in [0.15, 0.2) is 22.7 Å². The summed E-state index contributed by atoms with van der Waals surface area (Å²) in [6.45, 7) is 7.63. The van der Waals surface area contributed by atoms with E-state index < -0.39 is 0 Å². The Kier molecular flexibility index (Phi) is 5.64. The molecule has 0 aliphatic rings. The van der Waals surface area contributed by atoms with E-state index in [0.29, 0.717) is 0 Å². The molecule has 18 heavy (non-hydrogen) atoms. The minimum Gasteiger partial charge on any atom is -0.370 e. The largest absolute Gasteiger partial charge is 0.370 e. The summed E-state index contributed by atoms with van der Waals surface area (Å²) >= 11 is 3.56. The molecule has 1 rings (SSSR count). The Morgan fingerprint density at radius 3 is 2.56 bits per heavy atom. The maximum absolute atomic E-state index is 8.90. The molecule has 0 aliphatic heterocycles. The first-order valence-electron chi connectivity index (χ1n) is 6.19. The van der Waals surface area contributed by atoms with Crippen LogP contribution in [0.4, 0.5) is 5.69 Å². The van der Waals surface area contributed by atoms with Crippen LogP contribution in [0.1, 0.15) is 32.4 Å². The van der Waals surface area contributed by atoms with E-state index in [-0.39, 0.29) is 12.0 Å². The molecule has 0 spiro atoms. The maximum atomic E-state index is 8.90. The molecule has 2 atom stereocenters. The third-order valence-electron chi connectivity index (χ3n) is 2.94. The van der Waals surface area contributed by atoms with Gasteiger partial charge in [-0.3, -0.25) is 0 Å². The average Bonchev–Trinajstić information content (AvgIpc) is 2.34. The fourth-order valence-electron chi connectivity index (χ4n) is 1.87. The van der Waals surface area contributed by atoms with Gasteiger partial charge in [-0.1, -0.05) is 22.0 Å². The topological polar surface area (TPSA) is 53.0 Å². The van der Waals surface area contributed by atoms with Crippen LogP contribution in [0.3, 0.4) is 0 Å². The van der Waals surface area contributed by atoms with Crippen LogP contribution in [0.5, 0.6) is 0 Å². The normalized spacial score (nSPS) is 13.8. The van der Waals surface area contributed by atoms with Crippen LogP contribution < -0.4 is 10.6 Å². The standard InChI is InChI=1S/C14H20BrN3/c1-4-18(9-10(2)8-16)12-5-6-13(11(3)17)14(15)7-12/h5-7,10-11H,4,9,17H2,1-3H3/t10?,11-/m1/s1. The molecular formula is C14H20BrN3. The van der Waals surface area contributed by atoms with Crippen LogP contribution in [0.2, 0.25) is 0 Å². The second kappa shape index (κ2) is 6.77. The zero-order valence-corrected chi connectivity index (χ0v) is 12.7. The zero-order chi connectivity index (χ0) is 13.7.